The van der Waals surface area contributed by atoms with Crippen LogP contribution < -0.4 is 15.4 Å². The lowest BCUT2D eigenvalue weighted by Crippen LogP contribution is -2.26. The lowest BCUT2D eigenvalue weighted by atomic mass is 10.3. The lowest BCUT2D eigenvalue weighted by Gasteiger charge is -2.11. The molecule has 0 saturated carbocycles. The summed E-state index contributed by atoms with van der Waals surface area (Å²) in [6.45, 7) is 4.25. The van der Waals surface area contributed by atoms with Gasteiger partial charge in [0.2, 0.25) is 5.91 Å². The molecule has 0 heterocycles. The van der Waals surface area contributed by atoms with E-state index in [1.807, 2.05) is 24.3 Å². The molecule has 0 aliphatic carbocycles. The first kappa shape index (κ1) is 12.1. The van der Waals surface area contributed by atoms with Gasteiger partial charge in [0.25, 0.3) is 0 Å². The minimum Gasteiger partial charge on any atom is -0.487 e. The Morgan fingerprint density at radius 1 is 1.50 bits per heavy atom. The van der Waals surface area contributed by atoms with Crippen LogP contribution in [0.25, 0.3) is 0 Å². The Kier molecular flexibility index (Phi) is 4.92. The van der Waals surface area contributed by atoms with Crippen LogP contribution in [0, 0.1) is 0 Å². The van der Waals surface area contributed by atoms with Crippen LogP contribution >= 0.6 is 0 Å². The van der Waals surface area contributed by atoms with Crippen LogP contribution in [0.1, 0.15) is 0 Å². The van der Waals surface area contributed by atoms with Gasteiger partial charge in [0, 0.05) is 7.05 Å². The summed E-state index contributed by atoms with van der Waals surface area (Å²) in [6, 6.07) is 7.47. The number of hydrogen-bond acceptors (Lipinski definition) is 3. The molecule has 1 aromatic carbocycles. The van der Waals surface area contributed by atoms with E-state index >= 15 is 0 Å². The molecule has 0 radical (unpaired) electrons. The second-order valence-corrected chi connectivity index (χ2v) is 3.12. The third kappa shape index (κ3) is 3.65. The van der Waals surface area contributed by atoms with Crippen LogP contribution in [-0.2, 0) is 4.79 Å². The zero-order valence-corrected chi connectivity index (χ0v) is 9.32. The molecule has 0 atom stereocenters. The molecule has 1 amide bonds. The fraction of sp³-hybridized carbons (Fsp3) is 0.250. The molecule has 2 N–H and O–H groups in total. The van der Waals surface area contributed by atoms with E-state index in [0.717, 1.165) is 5.69 Å². The number of carbonyl (C=O) groups is 1. The van der Waals surface area contributed by atoms with Gasteiger partial charge in [-0.05, 0) is 12.1 Å². The number of para-hydroxylation sites is 2. The average Bonchev–Trinajstić information content (AvgIpc) is 2.34. The minimum absolute atomic E-state index is 0.0708. The van der Waals surface area contributed by atoms with Gasteiger partial charge in [-0.15, -0.1) is 0 Å². The molecule has 1 rings (SSSR count). The van der Waals surface area contributed by atoms with Crippen molar-refractivity contribution in [3.8, 4) is 5.75 Å². The number of ether oxygens (including phenoxy) is 1. The van der Waals surface area contributed by atoms with E-state index in [9.17, 15) is 4.79 Å². The molecule has 1 aromatic rings. The summed E-state index contributed by atoms with van der Waals surface area (Å²) < 4.78 is 5.44. The highest BCUT2D eigenvalue weighted by molar-refractivity contribution is 5.80. The maximum Gasteiger partial charge on any atom is 0.239 e. The van der Waals surface area contributed by atoms with Crippen molar-refractivity contribution in [3.63, 3.8) is 0 Å². The Balaban J connectivity index is 2.63. The van der Waals surface area contributed by atoms with Crippen LogP contribution in [0.2, 0.25) is 0 Å². The number of nitrogens with one attached hydrogen (secondary N) is 2. The van der Waals surface area contributed by atoms with Crippen molar-refractivity contribution >= 4 is 11.6 Å². The standard InChI is InChI=1S/C12H16N2O2/c1-3-8-16-11-7-5-4-6-10(11)14-9-12(15)13-2/h3-7,14H,1,8-9H2,2H3,(H,13,15). The molecule has 0 aliphatic heterocycles. The SMILES string of the molecule is C=CCOc1ccccc1NCC(=O)NC. The quantitative estimate of drug-likeness (QED) is 0.713. The van der Waals surface area contributed by atoms with Crippen LogP contribution in [0.15, 0.2) is 36.9 Å². The van der Waals surface area contributed by atoms with Crippen LogP contribution in [-0.4, -0.2) is 26.1 Å². The molecule has 0 saturated heterocycles. The number of carbonyl (C=O) groups excluding carboxylic acids is 1. The van der Waals surface area contributed by atoms with Gasteiger partial charge in [-0.3, -0.25) is 4.79 Å². The lowest BCUT2D eigenvalue weighted by molar-refractivity contribution is -0.118. The number of likely N-dealkylation sites (N-methyl/N-ethyl adjacent to an activating group) is 1. The van der Waals surface area contributed by atoms with Crippen molar-refractivity contribution < 1.29 is 9.53 Å². The Labute approximate surface area is 95.3 Å². The Bertz CT molecular complexity index is 364. The highest BCUT2D eigenvalue weighted by atomic mass is 16.5. The van der Waals surface area contributed by atoms with E-state index in [1.165, 1.54) is 0 Å². The largest absolute Gasteiger partial charge is 0.487 e. The number of benzene rings is 1. The van der Waals surface area contributed by atoms with Crippen molar-refractivity contribution in [2.75, 3.05) is 25.5 Å². The van der Waals surface area contributed by atoms with E-state index in [2.05, 4.69) is 17.2 Å². The maximum atomic E-state index is 11.1. The van der Waals surface area contributed by atoms with Crippen molar-refractivity contribution in [2.24, 2.45) is 0 Å². The number of amides is 1. The molecule has 86 valence electrons. The Hall–Kier alpha value is -1.97. The average molecular weight is 220 g/mol. The molecular weight excluding hydrogens is 204 g/mol. The predicted octanol–water partition coefficient (Wildman–Crippen LogP) is 1.41. The molecule has 0 aromatic heterocycles. The van der Waals surface area contributed by atoms with Crippen LogP contribution in [0.4, 0.5) is 5.69 Å². The second-order valence-electron chi connectivity index (χ2n) is 3.12. The van der Waals surface area contributed by atoms with Crippen molar-refractivity contribution in [3.05, 3.63) is 36.9 Å². The number of rotatable bonds is 6. The summed E-state index contributed by atoms with van der Waals surface area (Å²) in [5, 5.41) is 5.54. The van der Waals surface area contributed by atoms with Crippen molar-refractivity contribution in [1.82, 2.24) is 5.32 Å². The van der Waals surface area contributed by atoms with Gasteiger partial charge in [-0.1, -0.05) is 24.8 Å². The summed E-state index contributed by atoms with van der Waals surface area (Å²) in [4.78, 5) is 11.1. The molecule has 0 spiro atoms. The molecule has 0 fully saturated rings. The monoisotopic (exact) mass is 220 g/mol. The number of hydrogen-bond donors (Lipinski definition) is 2. The third-order valence-corrected chi connectivity index (χ3v) is 1.96. The van der Waals surface area contributed by atoms with E-state index < -0.39 is 0 Å². The summed E-state index contributed by atoms with van der Waals surface area (Å²) in [5.41, 5.74) is 0.799. The van der Waals surface area contributed by atoms with Gasteiger partial charge in [0.1, 0.15) is 12.4 Å². The molecule has 0 unspecified atom stereocenters. The molecule has 0 bridgehead atoms. The maximum absolute atomic E-state index is 11.1. The summed E-state index contributed by atoms with van der Waals surface area (Å²) in [6.07, 6.45) is 1.68. The van der Waals surface area contributed by atoms with E-state index in [-0.39, 0.29) is 12.5 Å². The Morgan fingerprint density at radius 3 is 2.94 bits per heavy atom. The van der Waals surface area contributed by atoms with Crippen molar-refractivity contribution in [1.29, 1.82) is 0 Å². The summed E-state index contributed by atoms with van der Waals surface area (Å²) in [5.74, 6) is 0.643. The highest BCUT2D eigenvalue weighted by Gasteiger charge is 2.03. The predicted molar refractivity (Wildman–Crippen MR) is 64.7 cm³/mol. The fourth-order valence-electron chi connectivity index (χ4n) is 1.15. The molecule has 4 nitrogen and oxygen atoms in total. The van der Waals surface area contributed by atoms with Gasteiger partial charge in [-0.2, -0.15) is 0 Å². The summed E-state index contributed by atoms with van der Waals surface area (Å²) in [7, 11) is 1.60. The topological polar surface area (TPSA) is 50.4 Å². The van der Waals surface area contributed by atoms with E-state index in [0.29, 0.717) is 12.4 Å². The second kappa shape index (κ2) is 6.50. The van der Waals surface area contributed by atoms with E-state index in [1.54, 1.807) is 13.1 Å². The minimum atomic E-state index is -0.0708. The summed E-state index contributed by atoms with van der Waals surface area (Å²) >= 11 is 0. The molecule has 4 heteroatoms. The third-order valence-electron chi connectivity index (χ3n) is 1.96. The zero-order chi connectivity index (χ0) is 11.8. The van der Waals surface area contributed by atoms with Gasteiger partial charge < -0.3 is 15.4 Å². The van der Waals surface area contributed by atoms with Gasteiger partial charge in [0.15, 0.2) is 0 Å². The Morgan fingerprint density at radius 2 is 2.25 bits per heavy atom. The fourth-order valence-corrected chi connectivity index (χ4v) is 1.15. The first-order valence-corrected chi connectivity index (χ1v) is 5.05. The zero-order valence-electron chi connectivity index (χ0n) is 9.32. The molecule has 16 heavy (non-hydrogen) atoms. The normalized spacial score (nSPS) is 9.31. The first-order chi connectivity index (χ1) is 7.77. The first-order valence-electron chi connectivity index (χ1n) is 5.05. The van der Waals surface area contributed by atoms with Gasteiger partial charge in [-0.25, -0.2) is 0 Å². The van der Waals surface area contributed by atoms with Crippen LogP contribution in [0.5, 0.6) is 5.75 Å². The van der Waals surface area contributed by atoms with Gasteiger partial charge >= 0.3 is 0 Å². The smallest absolute Gasteiger partial charge is 0.239 e. The van der Waals surface area contributed by atoms with Crippen molar-refractivity contribution in [2.45, 2.75) is 0 Å². The number of anilines is 1. The highest BCUT2D eigenvalue weighted by Crippen LogP contribution is 2.23. The van der Waals surface area contributed by atoms with E-state index in [4.69, 9.17) is 4.74 Å². The van der Waals surface area contributed by atoms with Crippen LogP contribution in [0.3, 0.4) is 0 Å². The van der Waals surface area contributed by atoms with Gasteiger partial charge in [0.05, 0.1) is 12.2 Å². The molecule has 0 aliphatic rings. The molecular formula is C12H16N2O2.